The SMILES string of the molecule is NCCCS(=O)Cc1cc(F)ccc1Cl. The van der Waals surface area contributed by atoms with E-state index < -0.39 is 10.8 Å². The summed E-state index contributed by atoms with van der Waals surface area (Å²) in [6.07, 6.45) is 0.708. The largest absolute Gasteiger partial charge is 0.330 e. The van der Waals surface area contributed by atoms with Crippen LogP contribution < -0.4 is 5.73 Å². The van der Waals surface area contributed by atoms with E-state index in [1.54, 1.807) is 0 Å². The molecule has 1 unspecified atom stereocenters. The lowest BCUT2D eigenvalue weighted by Gasteiger charge is -2.04. The maximum absolute atomic E-state index is 12.9. The lowest BCUT2D eigenvalue weighted by molar-refractivity contribution is 0.626. The van der Waals surface area contributed by atoms with Gasteiger partial charge < -0.3 is 5.73 Å². The van der Waals surface area contributed by atoms with E-state index in [0.717, 1.165) is 0 Å². The summed E-state index contributed by atoms with van der Waals surface area (Å²) in [7, 11) is -1.02. The molecule has 0 spiro atoms. The van der Waals surface area contributed by atoms with Crippen molar-refractivity contribution in [1.82, 2.24) is 0 Å². The number of halogens is 2. The van der Waals surface area contributed by atoms with Gasteiger partial charge in [-0.1, -0.05) is 11.6 Å². The van der Waals surface area contributed by atoms with Gasteiger partial charge in [0.2, 0.25) is 0 Å². The fourth-order valence-corrected chi connectivity index (χ4v) is 2.63. The first kappa shape index (κ1) is 12.6. The highest BCUT2D eigenvalue weighted by atomic mass is 35.5. The van der Waals surface area contributed by atoms with E-state index in [9.17, 15) is 8.60 Å². The minimum atomic E-state index is -1.02. The molecule has 1 aromatic carbocycles. The van der Waals surface area contributed by atoms with E-state index >= 15 is 0 Å². The van der Waals surface area contributed by atoms with Crippen LogP contribution in [0.2, 0.25) is 5.02 Å². The highest BCUT2D eigenvalue weighted by Crippen LogP contribution is 2.18. The van der Waals surface area contributed by atoms with Gasteiger partial charge in [0.05, 0.1) is 5.75 Å². The number of rotatable bonds is 5. The second kappa shape index (κ2) is 6.20. The van der Waals surface area contributed by atoms with E-state index in [1.807, 2.05) is 0 Å². The van der Waals surface area contributed by atoms with Crippen LogP contribution in [0, 0.1) is 5.82 Å². The minimum absolute atomic E-state index is 0.288. The van der Waals surface area contributed by atoms with Gasteiger partial charge in [-0.05, 0) is 36.7 Å². The Morgan fingerprint density at radius 3 is 2.87 bits per heavy atom. The summed E-state index contributed by atoms with van der Waals surface area (Å²) >= 11 is 5.85. The quantitative estimate of drug-likeness (QED) is 0.868. The van der Waals surface area contributed by atoms with Crippen LogP contribution >= 0.6 is 11.6 Å². The van der Waals surface area contributed by atoms with E-state index in [4.69, 9.17) is 17.3 Å². The first-order valence-corrected chi connectivity index (χ1v) is 6.49. The molecule has 0 fully saturated rings. The van der Waals surface area contributed by atoms with Crippen LogP contribution in [-0.2, 0) is 16.6 Å². The Labute approximate surface area is 96.1 Å². The molecule has 2 N–H and O–H groups in total. The predicted octanol–water partition coefficient (Wildman–Crippen LogP) is 2.08. The van der Waals surface area contributed by atoms with Gasteiger partial charge in [0.15, 0.2) is 0 Å². The van der Waals surface area contributed by atoms with Crippen LogP contribution in [0.3, 0.4) is 0 Å². The van der Waals surface area contributed by atoms with Gasteiger partial charge >= 0.3 is 0 Å². The third-order valence-corrected chi connectivity index (χ3v) is 3.65. The normalized spacial score (nSPS) is 12.7. The first-order chi connectivity index (χ1) is 7.13. The lowest BCUT2D eigenvalue weighted by atomic mass is 10.2. The summed E-state index contributed by atoms with van der Waals surface area (Å²) in [5.74, 6) is 0.463. The molecule has 1 atom stereocenters. The van der Waals surface area contributed by atoms with Crippen molar-refractivity contribution in [3.63, 3.8) is 0 Å². The Morgan fingerprint density at radius 1 is 1.47 bits per heavy atom. The van der Waals surface area contributed by atoms with Crippen molar-refractivity contribution >= 4 is 22.4 Å². The van der Waals surface area contributed by atoms with Crippen molar-refractivity contribution < 1.29 is 8.60 Å². The Morgan fingerprint density at radius 2 is 2.20 bits per heavy atom. The molecule has 0 aliphatic carbocycles. The maximum atomic E-state index is 12.9. The molecule has 84 valence electrons. The Kier molecular flexibility index (Phi) is 5.22. The second-order valence-electron chi connectivity index (χ2n) is 3.17. The van der Waals surface area contributed by atoms with E-state index in [0.29, 0.717) is 29.3 Å². The summed E-state index contributed by atoms with van der Waals surface area (Å²) in [5, 5.41) is 0.456. The molecule has 0 radical (unpaired) electrons. The molecule has 0 saturated carbocycles. The van der Waals surface area contributed by atoms with Gasteiger partial charge in [-0.15, -0.1) is 0 Å². The highest BCUT2D eigenvalue weighted by Gasteiger charge is 2.06. The summed E-state index contributed by atoms with van der Waals surface area (Å²) < 4.78 is 24.4. The van der Waals surface area contributed by atoms with Crippen LogP contribution in [0.5, 0.6) is 0 Å². The monoisotopic (exact) mass is 249 g/mol. The van der Waals surface area contributed by atoms with Crippen molar-refractivity contribution in [2.24, 2.45) is 5.73 Å². The molecule has 0 saturated heterocycles. The van der Waals surface area contributed by atoms with E-state index in [2.05, 4.69) is 0 Å². The second-order valence-corrected chi connectivity index (χ2v) is 5.15. The maximum Gasteiger partial charge on any atom is 0.123 e. The molecule has 15 heavy (non-hydrogen) atoms. The molecular formula is C10H13ClFNOS. The number of hydrogen-bond donors (Lipinski definition) is 1. The summed E-state index contributed by atoms with van der Waals surface area (Å²) in [5.41, 5.74) is 5.89. The zero-order valence-corrected chi connectivity index (χ0v) is 9.78. The molecule has 0 amide bonds. The van der Waals surface area contributed by atoms with Crippen LogP contribution in [0.15, 0.2) is 18.2 Å². The average Bonchev–Trinajstić information content (AvgIpc) is 2.20. The molecule has 1 rings (SSSR count). The number of nitrogens with two attached hydrogens (primary N) is 1. The average molecular weight is 250 g/mol. The predicted molar refractivity (Wildman–Crippen MR) is 61.8 cm³/mol. The molecule has 5 heteroatoms. The van der Waals surface area contributed by atoms with Crippen molar-refractivity contribution in [2.45, 2.75) is 12.2 Å². The first-order valence-electron chi connectivity index (χ1n) is 4.62. The van der Waals surface area contributed by atoms with Crippen LogP contribution in [0.25, 0.3) is 0 Å². The van der Waals surface area contributed by atoms with Crippen LogP contribution in [0.1, 0.15) is 12.0 Å². The zero-order chi connectivity index (χ0) is 11.3. The molecule has 0 heterocycles. The van der Waals surface area contributed by atoms with E-state index in [-0.39, 0.29) is 11.6 Å². The molecule has 0 aromatic heterocycles. The van der Waals surface area contributed by atoms with Crippen molar-refractivity contribution in [2.75, 3.05) is 12.3 Å². The molecule has 2 nitrogen and oxygen atoms in total. The van der Waals surface area contributed by atoms with Crippen molar-refractivity contribution in [1.29, 1.82) is 0 Å². The zero-order valence-electron chi connectivity index (χ0n) is 8.21. The van der Waals surface area contributed by atoms with Gasteiger partial charge in [0.1, 0.15) is 5.82 Å². The van der Waals surface area contributed by atoms with Crippen molar-refractivity contribution in [3.05, 3.63) is 34.6 Å². The Bertz CT molecular complexity index is 359. The highest BCUT2D eigenvalue weighted by molar-refractivity contribution is 7.84. The van der Waals surface area contributed by atoms with Gasteiger partial charge in [0.25, 0.3) is 0 Å². The lowest BCUT2D eigenvalue weighted by Crippen LogP contribution is -2.07. The number of benzene rings is 1. The smallest absolute Gasteiger partial charge is 0.123 e. The molecule has 0 bridgehead atoms. The summed E-state index contributed by atoms with van der Waals surface area (Å²) in [4.78, 5) is 0. The number of hydrogen-bond acceptors (Lipinski definition) is 2. The third kappa shape index (κ3) is 4.28. The van der Waals surface area contributed by atoms with Crippen LogP contribution in [0.4, 0.5) is 4.39 Å². The Hall–Kier alpha value is -0.450. The Balaban J connectivity index is 2.63. The fraction of sp³-hybridized carbons (Fsp3) is 0.400. The van der Waals surface area contributed by atoms with Gasteiger partial charge in [0, 0.05) is 21.6 Å². The van der Waals surface area contributed by atoms with E-state index in [1.165, 1.54) is 18.2 Å². The molecular weight excluding hydrogens is 237 g/mol. The minimum Gasteiger partial charge on any atom is -0.330 e. The topological polar surface area (TPSA) is 43.1 Å². The third-order valence-electron chi connectivity index (χ3n) is 1.90. The molecule has 1 aromatic rings. The summed E-state index contributed by atoms with van der Waals surface area (Å²) in [6, 6.07) is 4.09. The van der Waals surface area contributed by atoms with Gasteiger partial charge in [-0.2, -0.15) is 0 Å². The van der Waals surface area contributed by atoms with Crippen molar-refractivity contribution in [3.8, 4) is 0 Å². The fourth-order valence-electron chi connectivity index (χ4n) is 1.14. The van der Waals surface area contributed by atoms with Gasteiger partial charge in [-0.25, -0.2) is 4.39 Å². The summed E-state index contributed by atoms with van der Waals surface area (Å²) in [6.45, 7) is 0.516. The molecule has 0 aliphatic heterocycles. The molecule has 0 aliphatic rings. The standard InChI is InChI=1S/C10H13ClFNOS/c11-10-3-2-9(12)6-8(10)7-15(14)5-1-4-13/h2-3,6H,1,4-5,7,13H2. The van der Waals surface area contributed by atoms with Gasteiger partial charge in [-0.3, -0.25) is 4.21 Å². The van der Waals surface area contributed by atoms with Crippen LogP contribution in [-0.4, -0.2) is 16.5 Å².